The Kier molecular flexibility index (Phi) is 7.66. The number of esters is 2. The fraction of sp³-hybridized carbons (Fsp3) is 0.471. The van der Waals surface area contributed by atoms with E-state index in [2.05, 4.69) is 10.1 Å². The SMILES string of the molecule is COC(=O)c1ccc(CNC(=O)COC(=O)CS[C@H]2CCS(=O)(=O)C2)cc1. The number of benzene rings is 1. The third-order valence-corrected chi connectivity index (χ3v) is 7.11. The molecule has 1 aromatic carbocycles. The van der Waals surface area contributed by atoms with Gasteiger partial charge in [-0.15, -0.1) is 11.8 Å². The molecule has 0 saturated carbocycles. The predicted octanol–water partition coefficient (Wildman–Crippen LogP) is 0.553. The molecule has 1 aliphatic heterocycles. The lowest BCUT2D eigenvalue weighted by Crippen LogP contribution is -2.28. The van der Waals surface area contributed by atoms with Crippen molar-refractivity contribution < 1.29 is 32.3 Å². The lowest BCUT2D eigenvalue weighted by Gasteiger charge is -2.09. The van der Waals surface area contributed by atoms with Crippen LogP contribution in [0.25, 0.3) is 0 Å². The minimum Gasteiger partial charge on any atom is -0.465 e. The van der Waals surface area contributed by atoms with Gasteiger partial charge in [0.15, 0.2) is 16.4 Å². The summed E-state index contributed by atoms with van der Waals surface area (Å²) in [6.07, 6.45) is 0.537. The molecule has 1 saturated heterocycles. The normalized spacial score (nSPS) is 17.9. The van der Waals surface area contributed by atoms with Gasteiger partial charge in [-0.1, -0.05) is 12.1 Å². The molecule has 0 radical (unpaired) electrons. The highest BCUT2D eigenvalue weighted by Gasteiger charge is 2.28. The van der Waals surface area contributed by atoms with Crippen LogP contribution in [0.4, 0.5) is 0 Å². The molecule has 1 fully saturated rings. The van der Waals surface area contributed by atoms with E-state index < -0.39 is 34.3 Å². The second kappa shape index (κ2) is 9.75. The topological polar surface area (TPSA) is 116 Å². The molecule has 1 amide bonds. The maximum absolute atomic E-state index is 11.7. The minimum atomic E-state index is -2.97. The van der Waals surface area contributed by atoms with Crippen molar-refractivity contribution in [3.63, 3.8) is 0 Å². The highest BCUT2D eigenvalue weighted by Crippen LogP contribution is 2.24. The van der Waals surface area contributed by atoms with Gasteiger partial charge in [0.1, 0.15) is 0 Å². The van der Waals surface area contributed by atoms with E-state index in [-0.39, 0.29) is 29.1 Å². The maximum atomic E-state index is 11.7. The Morgan fingerprint density at radius 1 is 1.22 bits per heavy atom. The number of carbonyl (C=O) groups is 3. The van der Waals surface area contributed by atoms with Crippen LogP contribution in [0, 0.1) is 0 Å². The van der Waals surface area contributed by atoms with E-state index >= 15 is 0 Å². The fourth-order valence-electron chi connectivity index (χ4n) is 2.39. The van der Waals surface area contributed by atoms with Gasteiger partial charge in [-0.3, -0.25) is 9.59 Å². The number of thioether (sulfide) groups is 1. The van der Waals surface area contributed by atoms with Crippen LogP contribution in [-0.4, -0.2) is 62.5 Å². The lowest BCUT2D eigenvalue weighted by molar-refractivity contribution is -0.145. The van der Waals surface area contributed by atoms with E-state index in [1.807, 2.05) is 0 Å². The molecule has 27 heavy (non-hydrogen) atoms. The van der Waals surface area contributed by atoms with Crippen LogP contribution < -0.4 is 5.32 Å². The van der Waals surface area contributed by atoms with Gasteiger partial charge in [0, 0.05) is 11.8 Å². The van der Waals surface area contributed by atoms with Gasteiger partial charge < -0.3 is 14.8 Å². The number of amides is 1. The molecule has 1 aliphatic rings. The highest BCUT2D eigenvalue weighted by molar-refractivity contribution is 8.02. The molecule has 1 heterocycles. The molecule has 0 spiro atoms. The lowest BCUT2D eigenvalue weighted by atomic mass is 10.1. The van der Waals surface area contributed by atoms with Gasteiger partial charge >= 0.3 is 11.9 Å². The average molecular weight is 415 g/mol. The first-order valence-electron chi connectivity index (χ1n) is 8.20. The molecule has 10 heteroatoms. The Morgan fingerprint density at radius 3 is 2.52 bits per heavy atom. The van der Waals surface area contributed by atoms with Crippen molar-refractivity contribution in [1.82, 2.24) is 5.32 Å². The molecule has 8 nitrogen and oxygen atoms in total. The Morgan fingerprint density at radius 2 is 1.93 bits per heavy atom. The van der Waals surface area contributed by atoms with E-state index in [1.54, 1.807) is 24.3 Å². The number of hydrogen-bond acceptors (Lipinski definition) is 8. The number of nitrogens with one attached hydrogen (secondary N) is 1. The second-order valence-electron chi connectivity index (χ2n) is 5.96. The highest BCUT2D eigenvalue weighted by atomic mass is 32.2. The molecule has 1 aromatic rings. The Hall–Kier alpha value is -2.07. The Balaban J connectivity index is 1.64. The molecule has 148 valence electrons. The Bertz CT molecular complexity index is 790. The number of methoxy groups -OCH3 is 1. The Labute approximate surface area is 161 Å². The summed E-state index contributed by atoms with van der Waals surface area (Å²) in [6.45, 7) is -0.172. The third-order valence-electron chi connectivity index (χ3n) is 3.86. The molecule has 0 aromatic heterocycles. The van der Waals surface area contributed by atoms with E-state index in [0.717, 1.165) is 5.56 Å². The van der Waals surface area contributed by atoms with Gasteiger partial charge in [-0.2, -0.15) is 0 Å². The van der Waals surface area contributed by atoms with Crippen LogP contribution in [0.2, 0.25) is 0 Å². The summed E-state index contributed by atoms with van der Waals surface area (Å²) in [5, 5.41) is 2.51. The summed E-state index contributed by atoms with van der Waals surface area (Å²) in [5.74, 6) is -1.19. The summed E-state index contributed by atoms with van der Waals surface area (Å²) >= 11 is 1.24. The van der Waals surface area contributed by atoms with Crippen LogP contribution in [0.5, 0.6) is 0 Å². The van der Waals surface area contributed by atoms with Crippen LogP contribution in [-0.2, 0) is 35.4 Å². The monoisotopic (exact) mass is 415 g/mol. The van der Waals surface area contributed by atoms with Gasteiger partial charge in [0.2, 0.25) is 0 Å². The zero-order chi connectivity index (χ0) is 19.9. The first-order valence-corrected chi connectivity index (χ1v) is 11.1. The first kappa shape index (κ1) is 21.2. The van der Waals surface area contributed by atoms with E-state index in [1.165, 1.54) is 18.9 Å². The molecular formula is C17H21NO7S2. The molecule has 0 aliphatic carbocycles. The van der Waals surface area contributed by atoms with Crippen LogP contribution in [0.15, 0.2) is 24.3 Å². The van der Waals surface area contributed by atoms with Crippen molar-refractivity contribution in [3.05, 3.63) is 35.4 Å². The molecule has 0 unspecified atom stereocenters. The summed E-state index contributed by atoms with van der Waals surface area (Å²) in [7, 11) is -1.68. The van der Waals surface area contributed by atoms with Crippen molar-refractivity contribution in [2.24, 2.45) is 0 Å². The molecular weight excluding hydrogens is 394 g/mol. The third kappa shape index (κ3) is 7.22. The largest absolute Gasteiger partial charge is 0.465 e. The minimum absolute atomic E-state index is 0.0163. The number of ether oxygens (including phenoxy) is 2. The number of sulfone groups is 1. The van der Waals surface area contributed by atoms with Crippen LogP contribution in [0.1, 0.15) is 22.3 Å². The zero-order valence-corrected chi connectivity index (χ0v) is 16.4. The molecule has 2 rings (SSSR count). The van der Waals surface area contributed by atoms with Gasteiger partial charge in [-0.25, -0.2) is 13.2 Å². The standard InChI is InChI=1S/C17H21NO7S2/c1-24-17(21)13-4-2-12(3-5-13)8-18-15(19)9-25-16(20)10-26-14-6-7-27(22,23)11-14/h2-5,14H,6-11H2,1H3,(H,18,19)/t14-/m0/s1. The smallest absolute Gasteiger partial charge is 0.337 e. The van der Waals surface area contributed by atoms with Crippen molar-refractivity contribution in [2.45, 2.75) is 18.2 Å². The summed E-state index contributed by atoms with van der Waals surface area (Å²) in [5.41, 5.74) is 1.19. The van der Waals surface area contributed by atoms with Gasteiger partial charge in [0.25, 0.3) is 5.91 Å². The van der Waals surface area contributed by atoms with E-state index in [4.69, 9.17) is 4.74 Å². The van der Waals surface area contributed by atoms with Crippen molar-refractivity contribution >= 4 is 39.4 Å². The van der Waals surface area contributed by atoms with Crippen molar-refractivity contribution in [2.75, 3.05) is 31.0 Å². The molecule has 1 atom stereocenters. The zero-order valence-electron chi connectivity index (χ0n) is 14.8. The number of carbonyl (C=O) groups excluding carboxylic acids is 3. The molecule has 0 bridgehead atoms. The number of rotatable bonds is 8. The van der Waals surface area contributed by atoms with Gasteiger partial charge in [-0.05, 0) is 24.1 Å². The fourth-order valence-corrected chi connectivity index (χ4v) is 5.83. The van der Waals surface area contributed by atoms with Gasteiger partial charge in [0.05, 0.1) is 29.9 Å². The summed E-state index contributed by atoms with van der Waals surface area (Å²) in [6, 6.07) is 6.55. The predicted molar refractivity (Wildman–Crippen MR) is 100 cm³/mol. The van der Waals surface area contributed by atoms with Crippen molar-refractivity contribution in [3.8, 4) is 0 Å². The second-order valence-corrected chi connectivity index (χ2v) is 9.48. The average Bonchev–Trinajstić information content (AvgIpc) is 3.01. The van der Waals surface area contributed by atoms with E-state index in [0.29, 0.717) is 12.0 Å². The first-order chi connectivity index (χ1) is 12.8. The summed E-state index contributed by atoms with van der Waals surface area (Å²) in [4.78, 5) is 34.7. The van der Waals surface area contributed by atoms with Crippen molar-refractivity contribution in [1.29, 1.82) is 0 Å². The van der Waals surface area contributed by atoms with Crippen LogP contribution in [0.3, 0.4) is 0 Å². The summed E-state index contributed by atoms with van der Waals surface area (Å²) < 4.78 is 32.2. The molecule has 1 N–H and O–H groups in total. The quantitative estimate of drug-likeness (QED) is 0.612. The van der Waals surface area contributed by atoms with Crippen LogP contribution >= 0.6 is 11.8 Å². The maximum Gasteiger partial charge on any atom is 0.337 e. The number of hydrogen-bond donors (Lipinski definition) is 1. The van der Waals surface area contributed by atoms with E-state index in [9.17, 15) is 22.8 Å².